The highest BCUT2D eigenvalue weighted by molar-refractivity contribution is 6.30. The lowest BCUT2D eigenvalue weighted by Gasteiger charge is -2.39. The summed E-state index contributed by atoms with van der Waals surface area (Å²) in [6, 6.07) is 6.08. The molecule has 0 spiro atoms. The van der Waals surface area contributed by atoms with Crippen LogP contribution in [-0.2, 0) is 4.74 Å². The van der Waals surface area contributed by atoms with E-state index in [1.165, 1.54) is 17.7 Å². The van der Waals surface area contributed by atoms with Gasteiger partial charge in [0.1, 0.15) is 0 Å². The predicted molar refractivity (Wildman–Crippen MR) is 117 cm³/mol. The van der Waals surface area contributed by atoms with Gasteiger partial charge in [-0.15, -0.1) is 0 Å². The third-order valence-corrected chi connectivity index (χ3v) is 6.46. The highest BCUT2D eigenvalue weighted by Gasteiger charge is 2.33. The van der Waals surface area contributed by atoms with Crippen molar-refractivity contribution < 1.29 is 9.84 Å². The number of rotatable bonds is 6. The Balaban J connectivity index is 1.41. The third kappa shape index (κ3) is 6.09. The summed E-state index contributed by atoms with van der Waals surface area (Å²) in [5.74, 6) is 0.703. The van der Waals surface area contributed by atoms with Crippen LogP contribution in [0.5, 0.6) is 0 Å². The fourth-order valence-corrected chi connectivity index (χ4v) is 5.24. The van der Waals surface area contributed by atoms with Gasteiger partial charge in [0.25, 0.3) is 0 Å². The molecule has 0 unspecified atom stereocenters. The number of nitrogens with zero attached hydrogens (tertiary/aromatic N) is 2. The molecule has 0 amide bonds. The summed E-state index contributed by atoms with van der Waals surface area (Å²) < 4.78 is 6.11. The van der Waals surface area contributed by atoms with E-state index in [-0.39, 0.29) is 6.10 Å². The molecule has 1 aliphatic heterocycles. The molecule has 3 atom stereocenters. The molecule has 1 aliphatic carbocycles. The van der Waals surface area contributed by atoms with Crippen LogP contribution < -0.4 is 4.90 Å². The second-order valence-corrected chi connectivity index (χ2v) is 10.2. The van der Waals surface area contributed by atoms with E-state index in [1.54, 1.807) is 0 Å². The van der Waals surface area contributed by atoms with Gasteiger partial charge in [0.05, 0.1) is 18.8 Å². The molecule has 1 saturated carbocycles. The van der Waals surface area contributed by atoms with Crippen LogP contribution in [0.3, 0.4) is 0 Å². The highest BCUT2D eigenvalue weighted by atomic mass is 35.5. The molecular weight excluding hydrogens is 372 g/mol. The van der Waals surface area contributed by atoms with Crippen LogP contribution in [0.15, 0.2) is 18.2 Å². The van der Waals surface area contributed by atoms with E-state index >= 15 is 0 Å². The predicted octanol–water partition coefficient (Wildman–Crippen LogP) is 4.36. The SMILES string of the molecule is Cc1ccc(Cl)cc1N1CCN(C[C@@H](O)CO[C@@H]2C[C@@H](C)CC(C)(C)C2)CC1. The van der Waals surface area contributed by atoms with Crippen LogP contribution >= 0.6 is 11.6 Å². The number of anilines is 1. The first-order valence-electron chi connectivity index (χ1n) is 10.7. The number of hydrogen-bond acceptors (Lipinski definition) is 4. The van der Waals surface area contributed by atoms with Gasteiger partial charge in [0, 0.05) is 43.4 Å². The molecule has 0 aromatic heterocycles. The molecule has 1 aromatic rings. The lowest BCUT2D eigenvalue weighted by atomic mass is 9.71. The van der Waals surface area contributed by atoms with E-state index in [1.807, 2.05) is 6.07 Å². The average Bonchev–Trinajstić information content (AvgIpc) is 2.61. The minimum atomic E-state index is -0.417. The van der Waals surface area contributed by atoms with Gasteiger partial charge < -0.3 is 14.7 Å². The summed E-state index contributed by atoms with van der Waals surface area (Å²) in [6.45, 7) is 14.1. The van der Waals surface area contributed by atoms with E-state index in [0.29, 0.717) is 24.5 Å². The van der Waals surface area contributed by atoms with Crippen LogP contribution in [0.1, 0.15) is 45.6 Å². The van der Waals surface area contributed by atoms with Crippen molar-refractivity contribution in [2.24, 2.45) is 11.3 Å². The minimum Gasteiger partial charge on any atom is -0.389 e. The molecule has 5 heteroatoms. The molecule has 2 aliphatic rings. The summed E-state index contributed by atoms with van der Waals surface area (Å²) in [5, 5.41) is 11.3. The third-order valence-electron chi connectivity index (χ3n) is 6.22. The van der Waals surface area contributed by atoms with Crippen molar-refractivity contribution >= 4 is 17.3 Å². The summed E-state index contributed by atoms with van der Waals surface area (Å²) in [6.07, 6.45) is 3.36. The Labute approximate surface area is 175 Å². The molecular formula is C23H37ClN2O2. The first kappa shape index (κ1) is 21.9. The summed E-state index contributed by atoms with van der Waals surface area (Å²) in [7, 11) is 0. The number of halogens is 1. The Kier molecular flexibility index (Phi) is 7.30. The van der Waals surface area contributed by atoms with Gasteiger partial charge in [-0.2, -0.15) is 0 Å². The summed E-state index contributed by atoms with van der Waals surface area (Å²) in [4.78, 5) is 4.74. The van der Waals surface area contributed by atoms with Crippen molar-refractivity contribution in [2.45, 2.75) is 59.2 Å². The van der Waals surface area contributed by atoms with Crippen molar-refractivity contribution in [3.8, 4) is 0 Å². The zero-order valence-corrected chi connectivity index (χ0v) is 18.7. The average molecular weight is 409 g/mol. The molecule has 0 bridgehead atoms. The number of piperazine rings is 1. The first-order chi connectivity index (χ1) is 13.2. The van der Waals surface area contributed by atoms with E-state index < -0.39 is 6.10 Å². The van der Waals surface area contributed by atoms with Crippen molar-refractivity contribution in [3.05, 3.63) is 28.8 Å². The monoisotopic (exact) mass is 408 g/mol. The maximum Gasteiger partial charge on any atom is 0.0900 e. The molecule has 0 radical (unpaired) electrons. The lowest BCUT2D eigenvalue weighted by Crippen LogP contribution is -2.49. The van der Waals surface area contributed by atoms with Gasteiger partial charge in [-0.25, -0.2) is 0 Å². The van der Waals surface area contributed by atoms with Crippen molar-refractivity contribution in [2.75, 3.05) is 44.2 Å². The molecule has 1 N–H and O–H groups in total. The standard InChI is InChI=1S/C23H37ClN2O2/c1-17-11-21(14-23(3,4)13-17)28-16-20(27)15-25-7-9-26(10-8-25)22-12-19(24)6-5-18(22)2/h5-6,12,17,20-21,27H,7-11,13-16H2,1-4H3/t17-,20-,21-/m1/s1. The zero-order valence-electron chi connectivity index (χ0n) is 18.0. The van der Waals surface area contributed by atoms with Crippen LogP contribution in [0.2, 0.25) is 5.02 Å². The fourth-order valence-electron chi connectivity index (χ4n) is 5.08. The maximum atomic E-state index is 10.5. The number of β-amino-alcohol motifs (C(OH)–C–C–N with tert-alkyl or cyclic N) is 1. The lowest BCUT2D eigenvalue weighted by molar-refractivity contribution is -0.0615. The number of aliphatic hydroxyl groups is 1. The van der Waals surface area contributed by atoms with E-state index in [4.69, 9.17) is 16.3 Å². The van der Waals surface area contributed by atoms with Gasteiger partial charge in [0.15, 0.2) is 0 Å². The number of benzene rings is 1. The molecule has 4 nitrogen and oxygen atoms in total. The number of aliphatic hydroxyl groups excluding tert-OH is 1. The van der Waals surface area contributed by atoms with Crippen LogP contribution in [0, 0.1) is 18.3 Å². The van der Waals surface area contributed by atoms with Gasteiger partial charge in [-0.3, -0.25) is 4.90 Å². The Morgan fingerprint density at radius 3 is 2.61 bits per heavy atom. The molecule has 28 heavy (non-hydrogen) atoms. The van der Waals surface area contributed by atoms with E-state index in [2.05, 4.69) is 49.6 Å². The Morgan fingerprint density at radius 2 is 1.93 bits per heavy atom. The Hall–Kier alpha value is -0.810. The van der Waals surface area contributed by atoms with Crippen molar-refractivity contribution in [1.29, 1.82) is 0 Å². The summed E-state index contributed by atoms with van der Waals surface area (Å²) >= 11 is 6.17. The quantitative estimate of drug-likeness (QED) is 0.758. The Bertz CT molecular complexity index is 643. The maximum absolute atomic E-state index is 10.5. The second-order valence-electron chi connectivity index (χ2n) is 9.74. The van der Waals surface area contributed by atoms with Gasteiger partial charge in [0.2, 0.25) is 0 Å². The Morgan fingerprint density at radius 1 is 1.21 bits per heavy atom. The highest BCUT2D eigenvalue weighted by Crippen LogP contribution is 2.39. The smallest absolute Gasteiger partial charge is 0.0900 e. The van der Waals surface area contributed by atoms with Gasteiger partial charge in [-0.05, 0) is 55.2 Å². The van der Waals surface area contributed by atoms with Crippen molar-refractivity contribution in [3.63, 3.8) is 0 Å². The zero-order chi connectivity index (χ0) is 20.3. The molecule has 1 aromatic carbocycles. The van der Waals surface area contributed by atoms with E-state index in [0.717, 1.165) is 44.0 Å². The topological polar surface area (TPSA) is 35.9 Å². The first-order valence-corrected chi connectivity index (χ1v) is 11.1. The minimum absolute atomic E-state index is 0.288. The molecule has 1 saturated heterocycles. The molecule has 3 rings (SSSR count). The van der Waals surface area contributed by atoms with Crippen LogP contribution in [0.25, 0.3) is 0 Å². The largest absolute Gasteiger partial charge is 0.389 e. The van der Waals surface area contributed by atoms with Crippen molar-refractivity contribution in [1.82, 2.24) is 4.90 Å². The van der Waals surface area contributed by atoms with Crippen LogP contribution in [0.4, 0.5) is 5.69 Å². The molecule has 1 heterocycles. The number of aryl methyl sites for hydroxylation is 1. The van der Waals surface area contributed by atoms with Crippen LogP contribution in [-0.4, -0.2) is 61.5 Å². The van der Waals surface area contributed by atoms with Gasteiger partial charge >= 0.3 is 0 Å². The van der Waals surface area contributed by atoms with Gasteiger partial charge in [-0.1, -0.05) is 38.4 Å². The normalized spacial score (nSPS) is 27.0. The fraction of sp³-hybridized carbons (Fsp3) is 0.739. The van der Waals surface area contributed by atoms with E-state index in [9.17, 15) is 5.11 Å². The molecule has 158 valence electrons. The number of ether oxygens (including phenoxy) is 1. The summed E-state index contributed by atoms with van der Waals surface area (Å²) in [5.41, 5.74) is 2.84. The number of hydrogen-bond donors (Lipinski definition) is 1. The second kappa shape index (κ2) is 9.34. The molecule has 2 fully saturated rings.